The first-order valence-corrected chi connectivity index (χ1v) is 11.2. The zero-order valence-corrected chi connectivity index (χ0v) is 19.9. The van der Waals surface area contributed by atoms with Crippen molar-refractivity contribution in [2.75, 3.05) is 39.3 Å². The van der Waals surface area contributed by atoms with Crippen LogP contribution < -0.4 is 5.32 Å². The van der Waals surface area contributed by atoms with Crippen LogP contribution in [0.2, 0.25) is 5.02 Å². The molecule has 2 amide bonds. The van der Waals surface area contributed by atoms with Gasteiger partial charge in [-0.05, 0) is 52.8 Å². The van der Waals surface area contributed by atoms with Crippen LogP contribution in [0.1, 0.15) is 43.6 Å². The summed E-state index contributed by atoms with van der Waals surface area (Å²) in [7, 11) is 0. The van der Waals surface area contributed by atoms with Crippen LogP contribution in [0.5, 0.6) is 0 Å². The van der Waals surface area contributed by atoms with Crippen molar-refractivity contribution in [3.8, 4) is 5.69 Å². The van der Waals surface area contributed by atoms with Crippen LogP contribution in [0.25, 0.3) is 5.69 Å². The van der Waals surface area contributed by atoms with Gasteiger partial charge in [-0.1, -0.05) is 23.7 Å². The highest BCUT2D eigenvalue weighted by molar-refractivity contribution is 6.32. The molecule has 1 aliphatic rings. The summed E-state index contributed by atoms with van der Waals surface area (Å²) in [6.07, 6.45) is 0.533. The number of amides is 2. The fourth-order valence-electron chi connectivity index (χ4n) is 3.40. The molecule has 0 atom stereocenters. The van der Waals surface area contributed by atoms with Crippen molar-refractivity contribution < 1.29 is 14.3 Å². The first kappa shape index (κ1) is 24.0. The molecule has 0 aliphatic carbocycles. The fourth-order valence-corrected chi connectivity index (χ4v) is 3.62. The lowest BCUT2D eigenvalue weighted by Crippen LogP contribution is -2.50. The van der Waals surface area contributed by atoms with E-state index in [9.17, 15) is 9.59 Å². The van der Waals surface area contributed by atoms with Crippen LogP contribution in [0.3, 0.4) is 0 Å². The maximum absolute atomic E-state index is 12.5. The van der Waals surface area contributed by atoms with Crippen molar-refractivity contribution in [2.24, 2.45) is 0 Å². The highest BCUT2D eigenvalue weighted by Crippen LogP contribution is 2.20. The van der Waals surface area contributed by atoms with E-state index in [0.29, 0.717) is 36.2 Å². The van der Waals surface area contributed by atoms with Gasteiger partial charge in [0.25, 0.3) is 5.91 Å². The van der Waals surface area contributed by atoms with Gasteiger partial charge >= 0.3 is 6.09 Å². The van der Waals surface area contributed by atoms with Gasteiger partial charge in [0, 0.05) is 32.7 Å². The number of hydrogen-bond donors (Lipinski definition) is 1. The zero-order valence-electron chi connectivity index (χ0n) is 19.1. The SMILES string of the molecule is Cc1nc(C(=O)NCCCN2CCN(C(=O)OC(C)(C)C)CC2)nn1-c1ccccc1Cl. The van der Waals surface area contributed by atoms with Gasteiger partial charge in [0.15, 0.2) is 0 Å². The highest BCUT2D eigenvalue weighted by atomic mass is 35.5. The minimum Gasteiger partial charge on any atom is -0.444 e. The van der Waals surface area contributed by atoms with Crippen LogP contribution in [-0.4, -0.2) is 81.4 Å². The van der Waals surface area contributed by atoms with Crippen LogP contribution in [-0.2, 0) is 4.74 Å². The summed E-state index contributed by atoms with van der Waals surface area (Å²) in [6.45, 7) is 11.6. The third-order valence-electron chi connectivity index (χ3n) is 5.01. The van der Waals surface area contributed by atoms with Crippen molar-refractivity contribution in [3.63, 3.8) is 0 Å². The molecule has 9 nitrogen and oxygen atoms in total. The lowest BCUT2D eigenvalue weighted by molar-refractivity contribution is 0.0144. The maximum Gasteiger partial charge on any atom is 0.410 e. The summed E-state index contributed by atoms with van der Waals surface area (Å²) in [5.41, 5.74) is 0.201. The summed E-state index contributed by atoms with van der Waals surface area (Å²) >= 11 is 6.23. The Bertz CT molecular complexity index is 947. The van der Waals surface area contributed by atoms with Gasteiger partial charge in [0.1, 0.15) is 11.4 Å². The van der Waals surface area contributed by atoms with Gasteiger partial charge in [-0.2, -0.15) is 0 Å². The molecule has 1 saturated heterocycles. The normalized spacial score (nSPS) is 15.0. The minimum absolute atomic E-state index is 0.119. The van der Waals surface area contributed by atoms with Crippen molar-refractivity contribution in [1.82, 2.24) is 29.9 Å². The Morgan fingerprint density at radius 2 is 1.84 bits per heavy atom. The van der Waals surface area contributed by atoms with E-state index >= 15 is 0 Å². The second kappa shape index (κ2) is 10.3. The first-order valence-electron chi connectivity index (χ1n) is 10.8. The number of hydrogen-bond acceptors (Lipinski definition) is 6. The number of nitrogens with zero attached hydrogens (tertiary/aromatic N) is 5. The van der Waals surface area contributed by atoms with E-state index in [0.717, 1.165) is 26.1 Å². The molecule has 10 heteroatoms. The van der Waals surface area contributed by atoms with Gasteiger partial charge in [-0.3, -0.25) is 9.69 Å². The number of piperazine rings is 1. The standard InChI is InChI=1S/C22H31ClN6O3/c1-16-25-19(26-29(16)18-9-6-5-8-17(18)23)20(30)24-10-7-11-27-12-14-28(15-13-27)21(31)32-22(2,3)4/h5-6,8-9H,7,10-15H2,1-4H3,(H,24,30). The number of carbonyl (C=O) groups excluding carboxylic acids is 2. The molecular formula is C22H31ClN6O3. The molecule has 32 heavy (non-hydrogen) atoms. The molecule has 3 rings (SSSR count). The van der Waals surface area contributed by atoms with Crippen molar-refractivity contribution in [3.05, 3.63) is 40.9 Å². The van der Waals surface area contributed by atoms with Gasteiger partial charge < -0.3 is 15.0 Å². The third-order valence-corrected chi connectivity index (χ3v) is 5.33. The van der Waals surface area contributed by atoms with Gasteiger partial charge in [-0.25, -0.2) is 14.5 Å². The summed E-state index contributed by atoms with van der Waals surface area (Å²) in [5, 5.41) is 7.73. The van der Waals surface area contributed by atoms with Crippen LogP contribution in [0.4, 0.5) is 4.79 Å². The topological polar surface area (TPSA) is 92.6 Å². The van der Waals surface area contributed by atoms with Crippen LogP contribution >= 0.6 is 11.6 Å². The summed E-state index contributed by atoms with van der Waals surface area (Å²) in [5.74, 6) is 0.396. The third kappa shape index (κ3) is 6.43. The second-order valence-electron chi connectivity index (χ2n) is 8.76. The number of halogens is 1. The number of aryl methyl sites for hydroxylation is 1. The van der Waals surface area contributed by atoms with E-state index < -0.39 is 5.60 Å². The predicted octanol–water partition coefficient (Wildman–Crippen LogP) is 2.90. The Morgan fingerprint density at radius 1 is 1.16 bits per heavy atom. The molecule has 1 fully saturated rings. The number of benzene rings is 1. The van der Waals surface area contributed by atoms with Crippen molar-refractivity contribution >= 4 is 23.6 Å². The van der Waals surface area contributed by atoms with Crippen molar-refractivity contribution in [2.45, 2.75) is 39.7 Å². The number of rotatable bonds is 6. The van der Waals surface area contributed by atoms with E-state index in [-0.39, 0.29) is 17.8 Å². The molecule has 0 radical (unpaired) electrons. The van der Waals surface area contributed by atoms with Gasteiger partial charge in [-0.15, -0.1) is 5.10 Å². The molecule has 1 aromatic heterocycles. The predicted molar refractivity (Wildman–Crippen MR) is 122 cm³/mol. The van der Waals surface area contributed by atoms with E-state index in [1.165, 1.54) is 0 Å². The zero-order chi connectivity index (χ0) is 23.3. The smallest absolute Gasteiger partial charge is 0.410 e. The molecule has 1 N–H and O–H groups in total. The molecule has 0 bridgehead atoms. The monoisotopic (exact) mass is 462 g/mol. The van der Waals surface area contributed by atoms with Crippen LogP contribution in [0.15, 0.2) is 24.3 Å². The highest BCUT2D eigenvalue weighted by Gasteiger charge is 2.25. The summed E-state index contributed by atoms with van der Waals surface area (Å²) < 4.78 is 7.00. The van der Waals surface area contributed by atoms with E-state index in [1.54, 1.807) is 22.6 Å². The largest absolute Gasteiger partial charge is 0.444 e. The molecular weight excluding hydrogens is 432 g/mol. The van der Waals surface area contributed by atoms with Crippen LogP contribution in [0, 0.1) is 6.92 Å². The quantitative estimate of drug-likeness (QED) is 0.663. The molecule has 1 aromatic carbocycles. The van der Waals surface area contributed by atoms with E-state index in [1.807, 2.05) is 39.0 Å². The lowest BCUT2D eigenvalue weighted by Gasteiger charge is -2.35. The lowest BCUT2D eigenvalue weighted by atomic mass is 10.2. The number of nitrogens with one attached hydrogen (secondary N) is 1. The molecule has 1 aliphatic heterocycles. The number of aromatic nitrogens is 3. The van der Waals surface area contributed by atoms with Gasteiger partial charge in [0.2, 0.25) is 5.82 Å². The summed E-state index contributed by atoms with van der Waals surface area (Å²) in [6, 6.07) is 7.29. The van der Waals surface area contributed by atoms with Gasteiger partial charge in [0.05, 0.1) is 10.7 Å². The van der Waals surface area contributed by atoms with Crippen molar-refractivity contribution in [1.29, 1.82) is 0 Å². The Labute approximate surface area is 193 Å². The summed E-state index contributed by atoms with van der Waals surface area (Å²) in [4.78, 5) is 32.9. The fraction of sp³-hybridized carbons (Fsp3) is 0.545. The molecule has 2 aromatic rings. The van der Waals surface area contributed by atoms with E-state index in [4.69, 9.17) is 16.3 Å². The molecule has 0 saturated carbocycles. The Morgan fingerprint density at radius 3 is 2.50 bits per heavy atom. The Balaban J connectivity index is 1.41. The molecule has 0 unspecified atom stereocenters. The van der Waals surface area contributed by atoms with E-state index in [2.05, 4.69) is 20.3 Å². The second-order valence-corrected chi connectivity index (χ2v) is 9.17. The average molecular weight is 463 g/mol. The number of carbonyl (C=O) groups is 2. The minimum atomic E-state index is -0.483. The molecule has 2 heterocycles. The Kier molecular flexibility index (Phi) is 7.73. The number of ether oxygens (including phenoxy) is 1. The maximum atomic E-state index is 12.5. The first-order chi connectivity index (χ1) is 15.1. The number of para-hydroxylation sites is 1. The molecule has 0 spiro atoms. The molecule has 174 valence electrons. The Hall–Kier alpha value is -2.65. The average Bonchev–Trinajstić information content (AvgIpc) is 3.12.